The summed E-state index contributed by atoms with van der Waals surface area (Å²) >= 11 is 0. The fraction of sp³-hybridized carbons (Fsp3) is 0.375. The van der Waals surface area contributed by atoms with Crippen molar-refractivity contribution < 1.29 is 18.3 Å². The van der Waals surface area contributed by atoms with E-state index in [2.05, 4.69) is 22.0 Å². The zero-order chi connectivity index (χ0) is 20.9. The molecule has 2 aromatic carbocycles. The number of oxazole rings is 1. The van der Waals surface area contributed by atoms with E-state index in [0.29, 0.717) is 30.2 Å². The second-order valence-electron chi connectivity index (χ2n) is 7.66. The first-order valence-corrected chi connectivity index (χ1v) is 10.3. The number of methoxy groups -OCH3 is 1. The summed E-state index contributed by atoms with van der Waals surface area (Å²) in [7, 11) is 1.55. The molecule has 0 saturated carbocycles. The fourth-order valence-electron chi connectivity index (χ4n) is 3.78. The lowest BCUT2D eigenvalue weighted by atomic mass is 10.1. The van der Waals surface area contributed by atoms with Crippen molar-refractivity contribution in [1.29, 1.82) is 0 Å². The van der Waals surface area contributed by atoms with Gasteiger partial charge in [-0.25, -0.2) is 9.37 Å². The van der Waals surface area contributed by atoms with Crippen molar-refractivity contribution in [1.82, 2.24) is 9.88 Å². The average molecular weight is 410 g/mol. The first kappa shape index (κ1) is 20.6. The zero-order valence-electron chi connectivity index (χ0n) is 17.4. The van der Waals surface area contributed by atoms with Crippen molar-refractivity contribution in [3.63, 3.8) is 0 Å². The molecule has 158 valence electrons. The summed E-state index contributed by atoms with van der Waals surface area (Å²) < 4.78 is 31.4. The Hall–Kier alpha value is -2.70. The third kappa shape index (κ3) is 4.89. The Labute approximate surface area is 176 Å². The Morgan fingerprint density at radius 3 is 2.83 bits per heavy atom. The highest BCUT2D eigenvalue weighted by Crippen LogP contribution is 2.29. The molecule has 3 aromatic rings. The summed E-state index contributed by atoms with van der Waals surface area (Å²) in [6, 6.07) is 14.8. The molecule has 0 spiro atoms. The van der Waals surface area contributed by atoms with Crippen molar-refractivity contribution in [3.05, 3.63) is 71.4 Å². The van der Waals surface area contributed by atoms with Gasteiger partial charge in [0.25, 0.3) is 0 Å². The molecule has 1 saturated heterocycles. The van der Waals surface area contributed by atoms with E-state index in [1.54, 1.807) is 19.2 Å². The van der Waals surface area contributed by atoms with E-state index in [0.717, 1.165) is 31.6 Å². The summed E-state index contributed by atoms with van der Waals surface area (Å²) in [4.78, 5) is 6.91. The molecule has 0 aliphatic carbocycles. The molecule has 30 heavy (non-hydrogen) atoms. The molecule has 0 amide bonds. The van der Waals surface area contributed by atoms with Crippen LogP contribution in [-0.2, 0) is 17.9 Å². The summed E-state index contributed by atoms with van der Waals surface area (Å²) in [5.41, 5.74) is 2.33. The van der Waals surface area contributed by atoms with Gasteiger partial charge in [-0.2, -0.15) is 0 Å². The van der Waals surface area contributed by atoms with Crippen LogP contribution in [0.25, 0.3) is 11.5 Å². The molecule has 0 unspecified atom stereocenters. The molecule has 1 atom stereocenters. The molecule has 1 fully saturated rings. The van der Waals surface area contributed by atoms with Crippen LogP contribution in [0.3, 0.4) is 0 Å². The third-order valence-corrected chi connectivity index (χ3v) is 5.46. The van der Waals surface area contributed by atoms with Gasteiger partial charge < -0.3 is 13.9 Å². The van der Waals surface area contributed by atoms with E-state index in [1.807, 2.05) is 25.1 Å². The van der Waals surface area contributed by atoms with E-state index >= 15 is 0 Å². The minimum absolute atomic E-state index is 0.196. The lowest BCUT2D eigenvalue weighted by molar-refractivity contribution is -0.0123. The number of piperidine rings is 1. The lowest BCUT2D eigenvalue weighted by Gasteiger charge is -2.32. The van der Waals surface area contributed by atoms with E-state index in [4.69, 9.17) is 13.9 Å². The predicted octanol–water partition coefficient (Wildman–Crippen LogP) is 4.98. The van der Waals surface area contributed by atoms with Crippen LogP contribution in [0.2, 0.25) is 0 Å². The quantitative estimate of drug-likeness (QED) is 0.550. The molecule has 0 bridgehead atoms. The maximum absolute atomic E-state index is 14.3. The van der Waals surface area contributed by atoms with Gasteiger partial charge in [0.15, 0.2) is 0 Å². The molecular formula is C24H27FN2O3. The number of likely N-dealkylation sites (tertiary alicyclic amines) is 1. The largest absolute Gasteiger partial charge is 0.497 e. The van der Waals surface area contributed by atoms with Gasteiger partial charge >= 0.3 is 0 Å². The van der Waals surface area contributed by atoms with Crippen molar-refractivity contribution in [2.45, 2.75) is 39.0 Å². The zero-order valence-corrected chi connectivity index (χ0v) is 17.4. The number of aromatic nitrogens is 1. The number of hydrogen-bond acceptors (Lipinski definition) is 5. The minimum Gasteiger partial charge on any atom is -0.497 e. The molecule has 4 rings (SSSR count). The van der Waals surface area contributed by atoms with Gasteiger partial charge in [-0.15, -0.1) is 0 Å². The summed E-state index contributed by atoms with van der Waals surface area (Å²) in [6.45, 7) is 4.99. The fourth-order valence-corrected chi connectivity index (χ4v) is 3.78. The van der Waals surface area contributed by atoms with Crippen LogP contribution in [0, 0.1) is 12.7 Å². The maximum Gasteiger partial charge on any atom is 0.229 e. The van der Waals surface area contributed by atoms with Crippen LogP contribution in [-0.4, -0.2) is 36.2 Å². The second-order valence-corrected chi connectivity index (χ2v) is 7.66. The standard InChI is InChI=1S/C24H27FN2O3/c1-17-23(26-24(30-17)21-13-19(28-2)10-11-22(21)25)15-27-12-6-9-20(14-27)29-16-18-7-4-3-5-8-18/h3-5,7-8,10-11,13,20H,6,9,12,14-16H2,1-2H3/t20-/m1/s1. The monoisotopic (exact) mass is 410 g/mol. The van der Waals surface area contributed by atoms with Crippen LogP contribution in [0.1, 0.15) is 29.9 Å². The van der Waals surface area contributed by atoms with Gasteiger partial charge in [0.2, 0.25) is 5.89 Å². The Morgan fingerprint density at radius 1 is 1.20 bits per heavy atom. The Balaban J connectivity index is 1.40. The number of halogens is 1. The van der Waals surface area contributed by atoms with Crippen LogP contribution >= 0.6 is 0 Å². The molecule has 5 nitrogen and oxygen atoms in total. The van der Waals surface area contributed by atoms with Gasteiger partial charge in [0.1, 0.15) is 17.3 Å². The first-order valence-electron chi connectivity index (χ1n) is 10.3. The predicted molar refractivity (Wildman–Crippen MR) is 113 cm³/mol. The molecule has 2 heterocycles. The Kier molecular flexibility index (Phi) is 6.45. The average Bonchev–Trinajstić information content (AvgIpc) is 3.13. The van der Waals surface area contributed by atoms with Gasteiger partial charge in [0.05, 0.1) is 31.1 Å². The highest BCUT2D eigenvalue weighted by atomic mass is 19.1. The molecule has 1 aromatic heterocycles. The molecule has 0 N–H and O–H groups in total. The van der Waals surface area contributed by atoms with Crippen molar-refractivity contribution in [3.8, 4) is 17.2 Å². The number of ether oxygens (including phenoxy) is 2. The smallest absolute Gasteiger partial charge is 0.229 e. The molecule has 1 aliphatic rings. The van der Waals surface area contributed by atoms with E-state index in [-0.39, 0.29) is 17.8 Å². The van der Waals surface area contributed by atoms with Crippen LogP contribution in [0.4, 0.5) is 4.39 Å². The number of rotatable bonds is 7. The van der Waals surface area contributed by atoms with Crippen molar-refractivity contribution in [2.75, 3.05) is 20.2 Å². The van der Waals surface area contributed by atoms with Crippen LogP contribution < -0.4 is 4.74 Å². The molecule has 6 heteroatoms. The number of aryl methyl sites for hydroxylation is 1. The van der Waals surface area contributed by atoms with Crippen LogP contribution in [0.5, 0.6) is 5.75 Å². The molecule has 0 radical (unpaired) electrons. The van der Waals surface area contributed by atoms with E-state index in [9.17, 15) is 4.39 Å². The number of hydrogen-bond donors (Lipinski definition) is 0. The Bertz CT molecular complexity index is 974. The summed E-state index contributed by atoms with van der Waals surface area (Å²) in [5.74, 6) is 1.18. The first-order chi connectivity index (χ1) is 14.6. The maximum atomic E-state index is 14.3. The van der Waals surface area contributed by atoms with Crippen LogP contribution in [0.15, 0.2) is 52.9 Å². The highest BCUT2D eigenvalue weighted by molar-refractivity contribution is 5.57. The SMILES string of the molecule is COc1ccc(F)c(-c2nc(CN3CCC[C@@H](OCc4ccccc4)C3)c(C)o2)c1. The highest BCUT2D eigenvalue weighted by Gasteiger charge is 2.23. The third-order valence-electron chi connectivity index (χ3n) is 5.46. The Morgan fingerprint density at radius 2 is 2.03 bits per heavy atom. The summed E-state index contributed by atoms with van der Waals surface area (Å²) in [5, 5.41) is 0. The van der Waals surface area contributed by atoms with Crippen molar-refractivity contribution >= 4 is 0 Å². The normalized spacial score (nSPS) is 17.2. The van der Waals surface area contributed by atoms with Crippen molar-refractivity contribution in [2.24, 2.45) is 0 Å². The number of nitrogens with zero attached hydrogens (tertiary/aromatic N) is 2. The number of benzene rings is 2. The summed E-state index contributed by atoms with van der Waals surface area (Å²) in [6.07, 6.45) is 2.33. The topological polar surface area (TPSA) is 47.7 Å². The van der Waals surface area contributed by atoms with Gasteiger partial charge in [-0.1, -0.05) is 30.3 Å². The van der Waals surface area contributed by atoms with Gasteiger partial charge in [-0.3, -0.25) is 4.90 Å². The molecule has 1 aliphatic heterocycles. The van der Waals surface area contributed by atoms with E-state index < -0.39 is 0 Å². The molecular weight excluding hydrogens is 383 g/mol. The van der Waals surface area contributed by atoms with Gasteiger partial charge in [0, 0.05) is 13.1 Å². The second kappa shape index (κ2) is 9.41. The lowest BCUT2D eigenvalue weighted by Crippen LogP contribution is -2.39. The minimum atomic E-state index is -0.379. The van der Waals surface area contributed by atoms with E-state index in [1.165, 1.54) is 11.6 Å². The van der Waals surface area contributed by atoms with Gasteiger partial charge in [-0.05, 0) is 50.1 Å².